The highest BCUT2D eigenvalue weighted by molar-refractivity contribution is 5.97. The molecule has 2 rings (SSSR count). The molecule has 1 aromatic rings. The van der Waals surface area contributed by atoms with Gasteiger partial charge in [0, 0.05) is 13.2 Å². The van der Waals surface area contributed by atoms with E-state index in [-0.39, 0.29) is 11.7 Å². The van der Waals surface area contributed by atoms with Crippen LogP contribution in [0.3, 0.4) is 0 Å². The number of imide groups is 1. The van der Waals surface area contributed by atoms with Gasteiger partial charge in [0.05, 0.1) is 11.7 Å². The number of carbonyl (C=O) groups excluding carboxylic acids is 3. The Balaban J connectivity index is 1.73. The number of benzene rings is 1. The van der Waals surface area contributed by atoms with Gasteiger partial charge < -0.3 is 19.5 Å². The third-order valence-electron chi connectivity index (χ3n) is 3.47. The first-order valence-corrected chi connectivity index (χ1v) is 8.17. The molecule has 0 aromatic heterocycles. The summed E-state index contributed by atoms with van der Waals surface area (Å²) in [5, 5.41) is 4.44. The molecule has 1 heterocycles. The average molecular weight is 350 g/mol. The predicted molar refractivity (Wildman–Crippen MR) is 88.4 cm³/mol. The van der Waals surface area contributed by atoms with Gasteiger partial charge in [0.2, 0.25) is 0 Å². The maximum atomic E-state index is 11.9. The molecule has 0 saturated carbocycles. The molecule has 8 heteroatoms. The highest BCUT2D eigenvalue weighted by Gasteiger charge is 2.16. The first kappa shape index (κ1) is 18.7. The van der Waals surface area contributed by atoms with E-state index in [1.807, 2.05) is 5.32 Å². The molecule has 1 aliphatic rings. The molecule has 0 spiro atoms. The predicted octanol–water partition coefficient (Wildman–Crippen LogP) is 1.25. The van der Waals surface area contributed by atoms with Crippen molar-refractivity contribution in [2.75, 3.05) is 26.4 Å². The molecule has 1 unspecified atom stereocenters. The van der Waals surface area contributed by atoms with E-state index in [0.29, 0.717) is 18.9 Å². The maximum absolute atomic E-state index is 11.9. The second kappa shape index (κ2) is 9.63. The summed E-state index contributed by atoms with van der Waals surface area (Å²) in [5.41, 5.74) is 0.287. The van der Waals surface area contributed by atoms with Crippen LogP contribution < -0.4 is 15.4 Å². The van der Waals surface area contributed by atoms with E-state index < -0.39 is 24.5 Å². The Labute approximate surface area is 145 Å². The van der Waals surface area contributed by atoms with Crippen LogP contribution in [0.1, 0.15) is 30.1 Å². The number of nitrogens with one attached hydrogen (secondary N) is 2. The minimum absolute atomic E-state index is 0.119. The van der Waals surface area contributed by atoms with E-state index in [4.69, 9.17) is 14.2 Å². The number of urea groups is 1. The molecule has 136 valence electrons. The molecule has 1 aliphatic heterocycles. The van der Waals surface area contributed by atoms with Crippen LogP contribution >= 0.6 is 0 Å². The zero-order chi connectivity index (χ0) is 18.1. The molecule has 0 bridgehead atoms. The summed E-state index contributed by atoms with van der Waals surface area (Å²) in [6.07, 6.45) is 2.16. The van der Waals surface area contributed by atoms with E-state index in [1.54, 1.807) is 31.2 Å². The minimum atomic E-state index is -0.698. The molecule has 1 atom stereocenters. The summed E-state index contributed by atoms with van der Waals surface area (Å²) < 4.78 is 15.9. The largest absolute Gasteiger partial charge is 0.491 e. The number of amides is 3. The summed E-state index contributed by atoms with van der Waals surface area (Å²) in [4.78, 5) is 34.5. The number of hydrogen-bond donors (Lipinski definition) is 2. The Hall–Kier alpha value is -2.61. The second-order valence-electron chi connectivity index (χ2n) is 5.45. The lowest BCUT2D eigenvalue weighted by molar-refractivity contribution is -0.123. The molecule has 2 N–H and O–H groups in total. The van der Waals surface area contributed by atoms with Crippen LogP contribution in [0.15, 0.2) is 24.3 Å². The van der Waals surface area contributed by atoms with E-state index >= 15 is 0 Å². The lowest BCUT2D eigenvalue weighted by Crippen LogP contribution is -2.41. The molecule has 3 amide bonds. The molecular formula is C17H22N2O6. The van der Waals surface area contributed by atoms with Crippen molar-refractivity contribution in [1.82, 2.24) is 10.6 Å². The van der Waals surface area contributed by atoms with Crippen molar-refractivity contribution in [2.24, 2.45) is 0 Å². The lowest BCUT2D eigenvalue weighted by Gasteiger charge is -2.11. The van der Waals surface area contributed by atoms with Gasteiger partial charge in [0.1, 0.15) is 12.4 Å². The van der Waals surface area contributed by atoms with Crippen molar-refractivity contribution in [2.45, 2.75) is 25.9 Å². The van der Waals surface area contributed by atoms with Crippen LogP contribution in [0.2, 0.25) is 0 Å². The quantitative estimate of drug-likeness (QED) is 0.718. The van der Waals surface area contributed by atoms with Crippen molar-refractivity contribution in [3.63, 3.8) is 0 Å². The van der Waals surface area contributed by atoms with Crippen molar-refractivity contribution < 1.29 is 28.6 Å². The summed E-state index contributed by atoms with van der Waals surface area (Å²) in [5.74, 6) is -0.728. The summed E-state index contributed by atoms with van der Waals surface area (Å²) >= 11 is 0. The number of hydrogen-bond acceptors (Lipinski definition) is 6. The van der Waals surface area contributed by atoms with E-state index in [0.717, 1.165) is 19.4 Å². The molecule has 1 fully saturated rings. The number of esters is 1. The van der Waals surface area contributed by atoms with Gasteiger partial charge in [-0.1, -0.05) is 0 Å². The zero-order valence-corrected chi connectivity index (χ0v) is 14.1. The Morgan fingerprint density at radius 1 is 1.24 bits per heavy atom. The normalized spacial score (nSPS) is 16.1. The standard InChI is InChI=1S/C17H22N2O6/c1-2-18-17(22)19-15(20)11-25-16(21)12-5-7-13(8-6-12)24-10-14-4-3-9-23-14/h5-8,14H,2-4,9-11H2,1H3,(H2,18,19,20,22). The first-order valence-electron chi connectivity index (χ1n) is 8.17. The van der Waals surface area contributed by atoms with Crippen molar-refractivity contribution in [3.05, 3.63) is 29.8 Å². The van der Waals surface area contributed by atoms with Crippen molar-refractivity contribution in [3.8, 4) is 5.75 Å². The van der Waals surface area contributed by atoms with Gasteiger partial charge in [-0.25, -0.2) is 9.59 Å². The maximum Gasteiger partial charge on any atom is 0.338 e. The Kier molecular flexibility index (Phi) is 7.21. The summed E-state index contributed by atoms with van der Waals surface area (Å²) in [7, 11) is 0. The fourth-order valence-electron chi connectivity index (χ4n) is 2.23. The Bertz CT molecular complexity index is 596. The van der Waals surface area contributed by atoms with Gasteiger partial charge in [-0.2, -0.15) is 0 Å². The molecule has 25 heavy (non-hydrogen) atoms. The zero-order valence-electron chi connectivity index (χ0n) is 14.1. The van der Waals surface area contributed by atoms with Crippen LogP contribution in [0.25, 0.3) is 0 Å². The summed E-state index contributed by atoms with van der Waals surface area (Å²) in [6, 6.07) is 5.78. The third-order valence-corrected chi connectivity index (χ3v) is 3.47. The molecule has 8 nitrogen and oxygen atoms in total. The SMILES string of the molecule is CCNC(=O)NC(=O)COC(=O)c1ccc(OCC2CCCO2)cc1. The van der Waals surface area contributed by atoms with Crippen LogP contribution in [0, 0.1) is 0 Å². The van der Waals surface area contributed by atoms with Gasteiger partial charge in [-0.05, 0) is 44.0 Å². The van der Waals surface area contributed by atoms with Gasteiger partial charge in [-0.15, -0.1) is 0 Å². The Morgan fingerprint density at radius 3 is 2.64 bits per heavy atom. The van der Waals surface area contributed by atoms with Gasteiger partial charge in [-0.3, -0.25) is 10.1 Å². The van der Waals surface area contributed by atoms with Crippen LogP contribution in [0.5, 0.6) is 5.75 Å². The first-order chi connectivity index (χ1) is 12.1. The molecule has 1 saturated heterocycles. The van der Waals surface area contributed by atoms with Crippen LogP contribution in [0.4, 0.5) is 4.79 Å². The van der Waals surface area contributed by atoms with E-state index in [2.05, 4.69) is 5.32 Å². The Morgan fingerprint density at radius 2 is 2.00 bits per heavy atom. The number of rotatable bonds is 7. The molecular weight excluding hydrogens is 328 g/mol. The monoisotopic (exact) mass is 350 g/mol. The average Bonchev–Trinajstić information content (AvgIpc) is 3.12. The number of ether oxygens (including phenoxy) is 3. The third kappa shape index (κ3) is 6.42. The van der Waals surface area contributed by atoms with Gasteiger partial charge in [0.15, 0.2) is 6.61 Å². The molecule has 0 aliphatic carbocycles. The van der Waals surface area contributed by atoms with E-state index in [1.165, 1.54) is 0 Å². The van der Waals surface area contributed by atoms with Crippen molar-refractivity contribution >= 4 is 17.9 Å². The fourth-order valence-corrected chi connectivity index (χ4v) is 2.23. The highest BCUT2D eigenvalue weighted by Crippen LogP contribution is 2.17. The number of carbonyl (C=O) groups is 3. The molecule has 1 aromatic carbocycles. The van der Waals surface area contributed by atoms with Gasteiger partial charge >= 0.3 is 12.0 Å². The van der Waals surface area contributed by atoms with Crippen molar-refractivity contribution in [1.29, 1.82) is 0 Å². The fraction of sp³-hybridized carbons (Fsp3) is 0.471. The van der Waals surface area contributed by atoms with Crippen LogP contribution in [-0.2, 0) is 14.3 Å². The van der Waals surface area contributed by atoms with Gasteiger partial charge in [0.25, 0.3) is 5.91 Å². The molecule has 0 radical (unpaired) electrons. The summed E-state index contributed by atoms with van der Waals surface area (Å²) in [6.45, 7) is 2.82. The minimum Gasteiger partial charge on any atom is -0.491 e. The second-order valence-corrected chi connectivity index (χ2v) is 5.45. The highest BCUT2D eigenvalue weighted by atomic mass is 16.5. The topological polar surface area (TPSA) is 103 Å². The van der Waals surface area contributed by atoms with Crippen LogP contribution in [-0.4, -0.2) is 50.4 Å². The smallest absolute Gasteiger partial charge is 0.338 e. The van der Waals surface area contributed by atoms with E-state index in [9.17, 15) is 14.4 Å². The lowest BCUT2D eigenvalue weighted by atomic mass is 10.2.